The summed E-state index contributed by atoms with van der Waals surface area (Å²) in [6.45, 7) is 1.67. The molecule has 0 saturated heterocycles. The van der Waals surface area contributed by atoms with Gasteiger partial charge in [0.25, 0.3) is 0 Å². The summed E-state index contributed by atoms with van der Waals surface area (Å²) in [5.41, 5.74) is 0.785. The molecule has 0 amide bonds. The van der Waals surface area contributed by atoms with Crippen LogP contribution in [-0.4, -0.2) is 23.3 Å². The van der Waals surface area contributed by atoms with Gasteiger partial charge in [0.2, 0.25) is 0 Å². The van der Waals surface area contributed by atoms with Crippen molar-refractivity contribution in [3.8, 4) is 0 Å². The average Bonchev–Trinajstić information content (AvgIpc) is 2.51. The zero-order valence-electron chi connectivity index (χ0n) is 6.65. The normalized spacial score (nSPS) is 11.6. The van der Waals surface area contributed by atoms with E-state index in [9.17, 15) is 4.79 Å². The van der Waals surface area contributed by atoms with Crippen LogP contribution in [0.3, 0.4) is 0 Å². The molecule has 0 fully saturated rings. The Morgan fingerprint density at radius 1 is 1.75 bits per heavy atom. The highest BCUT2D eigenvalue weighted by molar-refractivity contribution is 7.12. The van der Waals surface area contributed by atoms with Gasteiger partial charge in [0.05, 0.1) is 0 Å². The number of hydrogen-bond acceptors (Lipinski definition) is 3. The highest BCUT2D eigenvalue weighted by Crippen LogP contribution is 2.09. The summed E-state index contributed by atoms with van der Waals surface area (Å²) < 4.78 is 0. The largest absolute Gasteiger partial charge is 0.480 e. The molecule has 1 aromatic heterocycles. The Balaban J connectivity index is 2.65. The molecule has 1 heterocycles. The molecule has 0 aliphatic rings. The molecular formula is C8H9NO2S. The quantitative estimate of drug-likeness (QED) is 0.724. The maximum atomic E-state index is 10.2. The number of aliphatic carboxylic acids is 1. The van der Waals surface area contributed by atoms with Crippen molar-refractivity contribution in [3.63, 3.8) is 0 Å². The molecule has 0 aliphatic carbocycles. The van der Waals surface area contributed by atoms with Gasteiger partial charge >= 0.3 is 5.97 Å². The molecule has 0 aliphatic heterocycles. The molecule has 3 nitrogen and oxygen atoms in total. The first kappa shape index (κ1) is 8.93. The van der Waals surface area contributed by atoms with Gasteiger partial charge in [-0.1, -0.05) is 6.07 Å². The summed E-state index contributed by atoms with van der Waals surface area (Å²) in [7, 11) is 0. The van der Waals surface area contributed by atoms with Crippen LogP contribution < -0.4 is 0 Å². The van der Waals surface area contributed by atoms with Crippen molar-refractivity contribution < 1.29 is 9.90 Å². The first-order chi connectivity index (χ1) is 5.70. The van der Waals surface area contributed by atoms with Crippen LogP contribution in [-0.2, 0) is 4.79 Å². The van der Waals surface area contributed by atoms with E-state index >= 15 is 0 Å². The van der Waals surface area contributed by atoms with Crippen LogP contribution >= 0.6 is 11.3 Å². The minimum Gasteiger partial charge on any atom is -0.480 e. The average molecular weight is 183 g/mol. The molecule has 0 radical (unpaired) electrons. The van der Waals surface area contributed by atoms with E-state index < -0.39 is 5.97 Å². The minimum atomic E-state index is -0.897. The lowest BCUT2D eigenvalue weighted by Gasteiger charge is -1.93. The van der Waals surface area contributed by atoms with E-state index in [0.29, 0.717) is 0 Å². The van der Waals surface area contributed by atoms with Crippen LogP contribution in [0.5, 0.6) is 0 Å². The summed E-state index contributed by atoms with van der Waals surface area (Å²) >= 11 is 1.56. The topological polar surface area (TPSA) is 49.7 Å². The summed E-state index contributed by atoms with van der Waals surface area (Å²) in [6, 6.07) is 3.84. The van der Waals surface area contributed by atoms with Crippen molar-refractivity contribution in [1.29, 1.82) is 0 Å². The molecule has 1 rings (SSSR count). The standard InChI is InChI=1S/C8H9NO2S/c1-6(9-5-8(10)11)7-3-2-4-12-7/h2-4H,5H2,1H3,(H,10,11). The van der Waals surface area contributed by atoms with Crippen LogP contribution in [0, 0.1) is 0 Å². The van der Waals surface area contributed by atoms with Gasteiger partial charge in [0, 0.05) is 10.6 Å². The van der Waals surface area contributed by atoms with E-state index in [-0.39, 0.29) is 6.54 Å². The van der Waals surface area contributed by atoms with Crippen LogP contribution in [0.2, 0.25) is 0 Å². The predicted octanol–water partition coefficient (Wildman–Crippen LogP) is 1.64. The number of thiophene rings is 1. The lowest BCUT2D eigenvalue weighted by atomic mass is 10.3. The van der Waals surface area contributed by atoms with Gasteiger partial charge < -0.3 is 5.11 Å². The van der Waals surface area contributed by atoms with Crippen LogP contribution in [0.1, 0.15) is 11.8 Å². The third kappa shape index (κ3) is 2.47. The van der Waals surface area contributed by atoms with Gasteiger partial charge in [-0.05, 0) is 18.4 Å². The minimum absolute atomic E-state index is 0.149. The van der Waals surface area contributed by atoms with Gasteiger partial charge in [-0.25, -0.2) is 0 Å². The third-order valence-corrected chi connectivity index (χ3v) is 2.31. The van der Waals surface area contributed by atoms with Crippen molar-refractivity contribution in [2.24, 2.45) is 4.99 Å². The molecule has 0 bridgehead atoms. The molecule has 4 heteroatoms. The number of carboxylic acids is 1. The Kier molecular flexibility index (Phi) is 2.99. The molecule has 0 atom stereocenters. The summed E-state index contributed by atoms with van der Waals surface area (Å²) in [6.07, 6.45) is 0. The first-order valence-electron chi connectivity index (χ1n) is 3.47. The molecule has 1 aromatic rings. The SMILES string of the molecule is CC(=NCC(=O)O)c1cccs1. The summed E-state index contributed by atoms with van der Waals surface area (Å²) in [5, 5.41) is 10.3. The van der Waals surface area contributed by atoms with Crippen LogP contribution in [0.25, 0.3) is 0 Å². The number of hydrogen-bond donors (Lipinski definition) is 1. The second-order valence-electron chi connectivity index (χ2n) is 2.27. The Morgan fingerprint density at radius 3 is 3.00 bits per heavy atom. The van der Waals surface area contributed by atoms with Gasteiger partial charge in [-0.15, -0.1) is 11.3 Å². The predicted molar refractivity (Wildman–Crippen MR) is 49.0 cm³/mol. The lowest BCUT2D eigenvalue weighted by molar-refractivity contribution is -0.135. The number of rotatable bonds is 3. The fourth-order valence-electron chi connectivity index (χ4n) is 0.749. The van der Waals surface area contributed by atoms with E-state index in [2.05, 4.69) is 4.99 Å². The van der Waals surface area contributed by atoms with E-state index in [1.54, 1.807) is 11.3 Å². The Hall–Kier alpha value is -1.16. The Bertz CT molecular complexity index is 290. The zero-order chi connectivity index (χ0) is 8.97. The maximum Gasteiger partial charge on any atom is 0.325 e. The molecule has 0 saturated carbocycles. The first-order valence-corrected chi connectivity index (χ1v) is 4.35. The second-order valence-corrected chi connectivity index (χ2v) is 3.22. The van der Waals surface area contributed by atoms with Crippen molar-refractivity contribution in [3.05, 3.63) is 22.4 Å². The van der Waals surface area contributed by atoms with Crippen molar-refractivity contribution >= 4 is 23.0 Å². The van der Waals surface area contributed by atoms with Gasteiger partial charge in [-0.2, -0.15) is 0 Å². The number of carboxylic acid groups (broad SMARTS) is 1. The molecule has 1 N–H and O–H groups in total. The fourth-order valence-corrected chi connectivity index (χ4v) is 1.44. The highest BCUT2D eigenvalue weighted by atomic mass is 32.1. The van der Waals surface area contributed by atoms with Gasteiger partial charge in [0.15, 0.2) is 0 Å². The highest BCUT2D eigenvalue weighted by Gasteiger charge is 1.98. The van der Waals surface area contributed by atoms with E-state index in [4.69, 9.17) is 5.11 Å². The Morgan fingerprint density at radius 2 is 2.50 bits per heavy atom. The fraction of sp³-hybridized carbons (Fsp3) is 0.250. The van der Waals surface area contributed by atoms with E-state index in [0.717, 1.165) is 10.6 Å². The third-order valence-electron chi connectivity index (χ3n) is 1.33. The summed E-state index contributed by atoms with van der Waals surface area (Å²) in [5.74, 6) is -0.897. The van der Waals surface area contributed by atoms with E-state index in [1.807, 2.05) is 24.4 Å². The van der Waals surface area contributed by atoms with E-state index in [1.165, 1.54) is 0 Å². The smallest absolute Gasteiger partial charge is 0.325 e. The van der Waals surface area contributed by atoms with Crippen molar-refractivity contribution in [2.75, 3.05) is 6.54 Å². The maximum absolute atomic E-state index is 10.2. The monoisotopic (exact) mass is 183 g/mol. The van der Waals surface area contributed by atoms with Crippen molar-refractivity contribution in [1.82, 2.24) is 0 Å². The number of carbonyl (C=O) groups is 1. The molecule has 0 unspecified atom stereocenters. The lowest BCUT2D eigenvalue weighted by Crippen LogP contribution is -2.02. The van der Waals surface area contributed by atoms with Crippen LogP contribution in [0.15, 0.2) is 22.5 Å². The second kappa shape index (κ2) is 4.01. The molecular weight excluding hydrogens is 174 g/mol. The number of nitrogens with zero attached hydrogens (tertiary/aromatic N) is 1. The van der Waals surface area contributed by atoms with Gasteiger partial charge in [-0.3, -0.25) is 9.79 Å². The van der Waals surface area contributed by atoms with Crippen molar-refractivity contribution in [2.45, 2.75) is 6.92 Å². The molecule has 0 spiro atoms. The molecule has 0 aromatic carbocycles. The molecule has 12 heavy (non-hydrogen) atoms. The van der Waals surface area contributed by atoms with Gasteiger partial charge in [0.1, 0.15) is 6.54 Å². The molecule has 64 valence electrons. The van der Waals surface area contributed by atoms with Crippen LogP contribution in [0.4, 0.5) is 0 Å². The Labute approximate surface area is 74.4 Å². The summed E-state index contributed by atoms with van der Waals surface area (Å²) in [4.78, 5) is 15.1. The zero-order valence-corrected chi connectivity index (χ0v) is 7.47. The number of aliphatic imine (C=N–C) groups is 1.